The maximum atomic E-state index is 12.5. The number of aliphatic hydroxyl groups is 1. The molecule has 0 bridgehead atoms. The van der Waals surface area contributed by atoms with Gasteiger partial charge in [-0.25, -0.2) is 8.42 Å². The van der Waals surface area contributed by atoms with Crippen molar-refractivity contribution in [1.82, 2.24) is 4.31 Å². The predicted octanol–water partition coefficient (Wildman–Crippen LogP) is 1.48. The van der Waals surface area contributed by atoms with E-state index in [-0.39, 0.29) is 13.2 Å². The predicted molar refractivity (Wildman–Crippen MR) is 76.2 cm³/mol. The molecule has 1 aromatic rings. The van der Waals surface area contributed by atoms with Gasteiger partial charge in [0, 0.05) is 13.1 Å². The van der Waals surface area contributed by atoms with Crippen molar-refractivity contribution in [2.75, 3.05) is 26.3 Å². The van der Waals surface area contributed by atoms with Gasteiger partial charge >= 0.3 is 0 Å². The lowest BCUT2D eigenvalue weighted by Gasteiger charge is -2.16. The molecule has 1 unspecified atom stereocenters. The molecule has 1 aliphatic rings. The molecule has 1 N–H and O–H groups in total. The molecule has 0 spiro atoms. The Labute approximate surface area is 120 Å². The Morgan fingerprint density at radius 1 is 1.35 bits per heavy atom. The zero-order valence-corrected chi connectivity index (χ0v) is 12.5. The van der Waals surface area contributed by atoms with Crippen molar-refractivity contribution in [3.05, 3.63) is 24.3 Å². The Balaban J connectivity index is 2.10. The summed E-state index contributed by atoms with van der Waals surface area (Å²) in [5, 5.41) is 8.68. The third-order valence-electron chi connectivity index (χ3n) is 3.65. The number of hydrogen-bond acceptors (Lipinski definition) is 4. The fourth-order valence-corrected chi connectivity index (χ4v) is 3.90. The fraction of sp³-hybridized carbons (Fsp3) is 0.571. The van der Waals surface area contributed by atoms with E-state index >= 15 is 0 Å². The summed E-state index contributed by atoms with van der Waals surface area (Å²) in [6, 6.07) is 6.36. The molecule has 0 radical (unpaired) electrons. The van der Waals surface area contributed by atoms with Crippen LogP contribution in [-0.4, -0.2) is 44.1 Å². The third kappa shape index (κ3) is 3.31. The number of ether oxygens (including phenoxy) is 1. The van der Waals surface area contributed by atoms with E-state index in [2.05, 4.69) is 6.92 Å². The van der Waals surface area contributed by atoms with E-state index in [1.165, 1.54) is 0 Å². The summed E-state index contributed by atoms with van der Waals surface area (Å²) >= 11 is 0. The number of hydrogen-bond donors (Lipinski definition) is 1. The quantitative estimate of drug-likeness (QED) is 0.864. The van der Waals surface area contributed by atoms with E-state index in [0.29, 0.717) is 29.7 Å². The van der Waals surface area contributed by atoms with Crippen LogP contribution in [0.5, 0.6) is 5.75 Å². The number of nitrogens with zero attached hydrogens (tertiary/aromatic N) is 1. The molecule has 0 aromatic heterocycles. The first kappa shape index (κ1) is 15.3. The van der Waals surface area contributed by atoms with Gasteiger partial charge in [-0.1, -0.05) is 13.3 Å². The molecule has 1 fully saturated rings. The third-order valence-corrected chi connectivity index (χ3v) is 5.53. The Kier molecular flexibility index (Phi) is 5.01. The maximum Gasteiger partial charge on any atom is 0.243 e. The summed E-state index contributed by atoms with van der Waals surface area (Å²) in [6.07, 6.45) is 1.95. The first-order chi connectivity index (χ1) is 9.57. The second-order valence-electron chi connectivity index (χ2n) is 4.97. The molecule has 1 saturated heterocycles. The molecule has 1 aromatic carbocycles. The first-order valence-corrected chi connectivity index (χ1v) is 8.35. The van der Waals surface area contributed by atoms with Crippen LogP contribution < -0.4 is 4.74 Å². The largest absolute Gasteiger partial charge is 0.491 e. The van der Waals surface area contributed by atoms with Crippen LogP contribution in [0.25, 0.3) is 0 Å². The normalized spacial score (nSPS) is 20.2. The van der Waals surface area contributed by atoms with Crippen molar-refractivity contribution < 1.29 is 18.3 Å². The highest BCUT2D eigenvalue weighted by Crippen LogP contribution is 2.26. The molecule has 0 saturated carbocycles. The van der Waals surface area contributed by atoms with Gasteiger partial charge < -0.3 is 9.84 Å². The highest BCUT2D eigenvalue weighted by molar-refractivity contribution is 7.89. The first-order valence-electron chi connectivity index (χ1n) is 6.91. The Morgan fingerprint density at radius 2 is 2.05 bits per heavy atom. The number of aliphatic hydroxyl groups excluding tert-OH is 1. The average molecular weight is 299 g/mol. The SMILES string of the molecule is CCC1CCN(S(=O)(=O)c2ccc(OCCO)cc2)C1. The summed E-state index contributed by atoms with van der Waals surface area (Å²) < 4.78 is 31.7. The topological polar surface area (TPSA) is 66.8 Å². The summed E-state index contributed by atoms with van der Waals surface area (Å²) in [5.41, 5.74) is 0. The van der Waals surface area contributed by atoms with Crippen molar-refractivity contribution in [2.45, 2.75) is 24.7 Å². The van der Waals surface area contributed by atoms with Gasteiger partial charge in [-0.3, -0.25) is 0 Å². The minimum absolute atomic E-state index is 0.0633. The summed E-state index contributed by atoms with van der Waals surface area (Å²) in [4.78, 5) is 0.297. The Hall–Kier alpha value is -1.11. The van der Waals surface area contributed by atoms with Gasteiger partial charge in [0.05, 0.1) is 11.5 Å². The molecular formula is C14H21NO4S. The fourth-order valence-electron chi connectivity index (χ4n) is 2.37. The molecule has 0 amide bonds. The molecule has 6 heteroatoms. The molecule has 112 valence electrons. The number of rotatable bonds is 6. The van der Waals surface area contributed by atoms with E-state index < -0.39 is 10.0 Å². The lowest BCUT2D eigenvalue weighted by molar-refractivity contribution is 0.201. The highest BCUT2D eigenvalue weighted by Gasteiger charge is 2.31. The lowest BCUT2D eigenvalue weighted by Crippen LogP contribution is -2.28. The standard InChI is InChI=1S/C14H21NO4S/c1-2-12-7-8-15(11-12)20(17,18)14-5-3-13(4-6-14)19-10-9-16/h3-6,12,16H,2,7-11H2,1H3. The second kappa shape index (κ2) is 6.56. The Bertz CT molecular complexity index is 527. The number of benzene rings is 1. The molecule has 5 nitrogen and oxygen atoms in total. The van der Waals surface area contributed by atoms with Gasteiger partial charge in [-0.05, 0) is 36.6 Å². The van der Waals surface area contributed by atoms with E-state index in [4.69, 9.17) is 9.84 Å². The summed E-state index contributed by atoms with van der Waals surface area (Å²) in [6.45, 7) is 3.45. The van der Waals surface area contributed by atoms with E-state index in [0.717, 1.165) is 12.8 Å². The van der Waals surface area contributed by atoms with Gasteiger partial charge in [0.1, 0.15) is 12.4 Å². The monoisotopic (exact) mass is 299 g/mol. The van der Waals surface area contributed by atoms with Crippen LogP contribution >= 0.6 is 0 Å². The van der Waals surface area contributed by atoms with Crippen LogP contribution in [0.2, 0.25) is 0 Å². The minimum atomic E-state index is -3.39. The van der Waals surface area contributed by atoms with Gasteiger partial charge in [0.25, 0.3) is 0 Å². The summed E-state index contributed by atoms with van der Waals surface area (Å²) in [5.74, 6) is 1.03. The van der Waals surface area contributed by atoms with Crippen LogP contribution in [0.4, 0.5) is 0 Å². The molecule has 2 rings (SSSR count). The smallest absolute Gasteiger partial charge is 0.243 e. The second-order valence-corrected chi connectivity index (χ2v) is 6.91. The van der Waals surface area contributed by atoms with E-state index in [1.54, 1.807) is 28.6 Å². The van der Waals surface area contributed by atoms with Crippen molar-refractivity contribution >= 4 is 10.0 Å². The van der Waals surface area contributed by atoms with Crippen molar-refractivity contribution in [3.8, 4) is 5.75 Å². The van der Waals surface area contributed by atoms with Crippen molar-refractivity contribution in [3.63, 3.8) is 0 Å². The molecule has 1 aliphatic heterocycles. The van der Waals surface area contributed by atoms with Crippen molar-refractivity contribution in [1.29, 1.82) is 0 Å². The summed E-state index contributed by atoms with van der Waals surface area (Å²) in [7, 11) is -3.39. The van der Waals surface area contributed by atoms with Crippen LogP contribution in [0.3, 0.4) is 0 Å². The highest BCUT2D eigenvalue weighted by atomic mass is 32.2. The van der Waals surface area contributed by atoms with Crippen molar-refractivity contribution in [2.24, 2.45) is 5.92 Å². The van der Waals surface area contributed by atoms with Crippen LogP contribution in [-0.2, 0) is 10.0 Å². The van der Waals surface area contributed by atoms with Crippen LogP contribution in [0.1, 0.15) is 19.8 Å². The zero-order valence-electron chi connectivity index (χ0n) is 11.7. The van der Waals surface area contributed by atoms with E-state index in [1.807, 2.05) is 0 Å². The maximum absolute atomic E-state index is 12.5. The molecule has 1 heterocycles. The molecule has 0 aliphatic carbocycles. The average Bonchev–Trinajstić information content (AvgIpc) is 2.95. The van der Waals surface area contributed by atoms with Crippen LogP contribution in [0.15, 0.2) is 29.2 Å². The zero-order chi connectivity index (χ0) is 14.6. The van der Waals surface area contributed by atoms with Gasteiger partial charge in [-0.2, -0.15) is 4.31 Å². The van der Waals surface area contributed by atoms with Crippen LogP contribution in [0, 0.1) is 5.92 Å². The van der Waals surface area contributed by atoms with E-state index in [9.17, 15) is 8.42 Å². The van der Waals surface area contributed by atoms with Gasteiger partial charge in [0.2, 0.25) is 10.0 Å². The molecular weight excluding hydrogens is 278 g/mol. The molecule has 20 heavy (non-hydrogen) atoms. The van der Waals surface area contributed by atoms with Gasteiger partial charge in [-0.15, -0.1) is 0 Å². The molecule has 1 atom stereocenters. The lowest BCUT2D eigenvalue weighted by atomic mass is 10.1. The van der Waals surface area contributed by atoms with Gasteiger partial charge in [0.15, 0.2) is 0 Å². The number of sulfonamides is 1. The Morgan fingerprint density at radius 3 is 2.60 bits per heavy atom. The minimum Gasteiger partial charge on any atom is -0.491 e.